The van der Waals surface area contributed by atoms with E-state index in [1.54, 1.807) is 0 Å². The van der Waals surface area contributed by atoms with Gasteiger partial charge in [-0.05, 0) is 19.4 Å². The Hall–Kier alpha value is -1.32. The summed E-state index contributed by atoms with van der Waals surface area (Å²) in [7, 11) is 0. The van der Waals surface area contributed by atoms with E-state index in [0.717, 1.165) is 17.8 Å². The molecule has 1 aromatic heterocycles. The number of carbonyl (C=O) groups is 1. The summed E-state index contributed by atoms with van der Waals surface area (Å²) in [6, 6.07) is 1.99. The van der Waals surface area contributed by atoms with Crippen LogP contribution in [-0.2, 0) is 9.53 Å². The molecule has 0 saturated carbocycles. The SMILES string of the molecule is Cc1cc(C2CCOC(=O)C2)n[nH]1. The van der Waals surface area contributed by atoms with Gasteiger partial charge in [0.05, 0.1) is 18.7 Å². The highest BCUT2D eigenvalue weighted by Crippen LogP contribution is 2.25. The molecule has 13 heavy (non-hydrogen) atoms. The maximum Gasteiger partial charge on any atom is 0.306 e. The lowest BCUT2D eigenvalue weighted by Crippen LogP contribution is -2.19. The van der Waals surface area contributed by atoms with Gasteiger partial charge >= 0.3 is 5.97 Å². The first-order valence-electron chi connectivity index (χ1n) is 4.43. The number of esters is 1. The Morgan fingerprint density at radius 3 is 3.15 bits per heavy atom. The van der Waals surface area contributed by atoms with E-state index >= 15 is 0 Å². The topological polar surface area (TPSA) is 55.0 Å². The first kappa shape index (κ1) is 8.29. The summed E-state index contributed by atoms with van der Waals surface area (Å²) in [5, 5.41) is 7.02. The van der Waals surface area contributed by atoms with Crippen LogP contribution in [0.4, 0.5) is 0 Å². The molecule has 0 spiro atoms. The Kier molecular flexibility index (Phi) is 2.04. The lowest BCUT2D eigenvalue weighted by Gasteiger charge is -2.18. The second kappa shape index (κ2) is 3.20. The fourth-order valence-electron chi connectivity index (χ4n) is 1.58. The maximum absolute atomic E-state index is 11.0. The van der Waals surface area contributed by atoms with Crippen molar-refractivity contribution in [1.29, 1.82) is 0 Å². The quantitative estimate of drug-likeness (QED) is 0.659. The van der Waals surface area contributed by atoms with E-state index in [2.05, 4.69) is 10.2 Å². The molecule has 0 radical (unpaired) electrons. The zero-order valence-corrected chi connectivity index (χ0v) is 7.54. The summed E-state index contributed by atoms with van der Waals surface area (Å²) < 4.78 is 4.86. The molecule has 1 fully saturated rings. The molecule has 2 heterocycles. The van der Waals surface area contributed by atoms with Crippen molar-refractivity contribution in [2.24, 2.45) is 0 Å². The van der Waals surface area contributed by atoms with Gasteiger partial charge in [-0.2, -0.15) is 5.10 Å². The zero-order valence-electron chi connectivity index (χ0n) is 7.54. The van der Waals surface area contributed by atoms with Crippen LogP contribution >= 0.6 is 0 Å². The highest BCUT2D eigenvalue weighted by atomic mass is 16.5. The minimum Gasteiger partial charge on any atom is -0.466 e. The minimum absolute atomic E-state index is 0.114. The van der Waals surface area contributed by atoms with E-state index in [9.17, 15) is 4.79 Å². The van der Waals surface area contributed by atoms with Crippen LogP contribution in [0.25, 0.3) is 0 Å². The Labute approximate surface area is 76.3 Å². The van der Waals surface area contributed by atoms with Gasteiger partial charge in [0.15, 0.2) is 0 Å². The summed E-state index contributed by atoms with van der Waals surface area (Å²) in [5.74, 6) is 0.128. The van der Waals surface area contributed by atoms with Crippen molar-refractivity contribution in [2.75, 3.05) is 6.61 Å². The number of carbonyl (C=O) groups excluding carboxylic acids is 1. The summed E-state index contributed by atoms with van der Waals surface area (Å²) in [5.41, 5.74) is 2.02. The van der Waals surface area contributed by atoms with Crippen LogP contribution in [0.3, 0.4) is 0 Å². The number of H-pyrrole nitrogens is 1. The second-order valence-corrected chi connectivity index (χ2v) is 3.39. The van der Waals surface area contributed by atoms with Gasteiger partial charge in [0.1, 0.15) is 0 Å². The van der Waals surface area contributed by atoms with Gasteiger partial charge in [-0.3, -0.25) is 9.89 Å². The van der Waals surface area contributed by atoms with Crippen LogP contribution in [0.15, 0.2) is 6.07 Å². The number of rotatable bonds is 1. The molecule has 1 atom stereocenters. The predicted octanol–water partition coefficient (Wildman–Crippen LogP) is 1.14. The van der Waals surface area contributed by atoms with Crippen LogP contribution in [0, 0.1) is 6.92 Å². The molecular weight excluding hydrogens is 168 g/mol. The number of aryl methyl sites for hydroxylation is 1. The lowest BCUT2D eigenvalue weighted by atomic mass is 9.96. The normalized spacial score (nSPS) is 22.8. The Morgan fingerprint density at radius 2 is 2.54 bits per heavy atom. The second-order valence-electron chi connectivity index (χ2n) is 3.39. The first-order chi connectivity index (χ1) is 6.25. The van der Waals surface area contributed by atoms with E-state index in [0.29, 0.717) is 13.0 Å². The van der Waals surface area contributed by atoms with Gasteiger partial charge in [-0.25, -0.2) is 0 Å². The van der Waals surface area contributed by atoms with E-state index in [4.69, 9.17) is 4.74 Å². The molecule has 1 unspecified atom stereocenters. The van der Waals surface area contributed by atoms with Crippen molar-refractivity contribution in [3.8, 4) is 0 Å². The van der Waals surface area contributed by atoms with Crippen molar-refractivity contribution in [1.82, 2.24) is 10.2 Å². The predicted molar refractivity (Wildman–Crippen MR) is 46.3 cm³/mol. The molecule has 1 N–H and O–H groups in total. The molecule has 4 nitrogen and oxygen atoms in total. The van der Waals surface area contributed by atoms with Crippen molar-refractivity contribution in [3.05, 3.63) is 17.5 Å². The fourth-order valence-corrected chi connectivity index (χ4v) is 1.58. The molecule has 0 aromatic carbocycles. The molecule has 0 bridgehead atoms. The standard InChI is InChI=1S/C9H12N2O2/c1-6-4-8(11-10-6)7-2-3-13-9(12)5-7/h4,7H,2-3,5H2,1H3,(H,10,11). The summed E-state index contributed by atoms with van der Waals surface area (Å²) in [6.45, 7) is 2.48. The average Bonchev–Trinajstić information content (AvgIpc) is 2.52. The number of aromatic amines is 1. The van der Waals surface area contributed by atoms with Gasteiger partial charge in [0, 0.05) is 11.6 Å². The van der Waals surface area contributed by atoms with Gasteiger partial charge in [-0.1, -0.05) is 0 Å². The maximum atomic E-state index is 11.0. The third kappa shape index (κ3) is 1.71. The Morgan fingerprint density at radius 1 is 1.69 bits per heavy atom. The largest absolute Gasteiger partial charge is 0.466 e. The minimum atomic E-state index is -0.114. The molecule has 4 heteroatoms. The smallest absolute Gasteiger partial charge is 0.306 e. The number of hydrogen-bond donors (Lipinski definition) is 1. The molecule has 1 saturated heterocycles. The lowest BCUT2D eigenvalue weighted by molar-refractivity contribution is -0.147. The number of ether oxygens (including phenoxy) is 1. The van der Waals surface area contributed by atoms with Crippen LogP contribution in [0.2, 0.25) is 0 Å². The van der Waals surface area contributed by atoms with Gasteiger partial charge in [0.2, 0.25) is 0 Å². The number of aromatic nitrogens is 2. The van der Waals surface area contributed by atoms with Crippen molar-refractivity contribution >= 4 is 5.97 Å². The molecule has 0 amide bonds. The molecule has 1 aliphatic heterocycles. The van der Waals surface area contributed by atoms with Crippen LogP contribution in [0.5, 0.6) is 0 Å². The van der Waals surface area contributed by atoms with E-state index in [-0.39, 0.29) is 11.9 Å². The summed E-state index contributed by atoms with van der Waals surface area (Å²) in [6.07, 6.45) is 1.35. The Bertz CT molecular complexity index is 319. The highest BCUT2D eigenvalue weighted by molar-refractivity contribution is 5.71. The molecular formula is C9H12N2O2. The summed E-state index contributed by atoms with van der Waals surface area (Å²) >= 11 is 0. The van der Waals surface area contributed by atoms with Crippen LogP contribution in [0.1, 0.15) is 30.1 Å². The van der Waals surface area contributed by atoms with Crippen molar-refractivity contribution in [3.63, 3.8) is 0 Å². The van der Waals surface area contributed by atoms with E-state index < -0.39 is 0 Å². The van der Waals surface area contributed by atoms with Gasteiger partial charge in [-0.15, -0.1) is 0 Å². The molecule has 2 rings (SSSR count). The summed E-state index contributed by atoms with van der Waals surface area (Å²) in [4.78, 5) is 11.0. The van der Waals surface area contributed by atoms with E-state index in [1.165, 1.54) is 0 Å². The number of nitrogens with zero attached hydrogens (tertiary/aromatic N) is 1. The third-order valence-electron chi connectivity index (χ3n) is 2.29. The van der Waals surface area contributed by atoms with Gasteiger partial charge < -0.3 is 4.74 Å². The first-order valence-corrected chi connectivity index (χ1v) is 4.43. The number of hydrogen-bond acceptors (Lipinski definition) is 3. The highest BCUT2D eigenvalue weighted by Gasteiger charge is 2.23. The van der Waals surface area contributed by atoms with Crippen molar-refractivity contribution in [2.45, 2.75) is 25.7 Å². The zero-order chi connectivity index (χ0) is 9.26. The Balaban J connectivity index is 2.12. The van der Waals surface area contributed by atoms with Crippen LogP contribution in [-0.4, -0.2) is 22.8 Å². The van der Waals surface area contributed by atoms with Crippen LogP contribution < -0.4 is 0 Å². The molecule has 1 aliphatic rings. The third-order valence-corrected chi connectivity index (χ3v) is 2.29. The number of nitrogens with one attached hydrogen (secondary N) is 1. The molecule has 70 valence electrons. The van der Waals surface area contributed by atoms with Crippen molar-refractivity contribution < 1.29 is 9.53 Å². The molecule has 1 aromatic rings. The average molecular weight is 180 g/mol. The monoisotopic (exact) mass is 180 g/mol. The number of cyclic esters (lactones) is 1. The van der Waals surface area contributed by atoms with Gasteiger partial charge in [0.25, 0.3) is 0 Å². The van der Waals surface area contributed by atoms with E-state index in [1.807, 2.05) is 13.0 Å². The molecule has 0 aliphatic carbocycles. The fraction of sp³-hybridized carbons (Fsp3) is 0.556.